The van der Waals surface area contributed by atoms with E-state index in [4.69, 9.17) is 14.6 Å². The zero-order chi connectivity index (χ0) is 88.7. The molecule has 16 aromatic carbocycles. The molecular formula is C97H78B28N7P6-6. The van der Waals surface area contributed by atoms with Gasteiger partial charge < -0.3 is 4.57 Å². The van der Waals surface area contributed by atoms with Gasteiger partial charge in [0.1, 0.15) is 0 Å². The summed E-state index contributed by atoms with van der Waals surface area (Å²) in [6, 6.07) is 139. The molecule has 21 saturated heterocycles. The number of rotatable bonds is 13. The molecular weight excluding hydrogens is 1750 g/mol. The third-order valence-corrected chi connectivity index (χ3v) is 102. The second-order valence-corrected chi connectivity index (χ2v) is 86.8. The Hall–Kier alpha value is -9.00. The molecule has 621 valence electrons. The van der Waals surface area contributed by atoms with Gasteiger partial charge in [-0.25, -0.2) is 0 Å². The molecule has 3 spiro atoms. The van der Waals surface area contributed by atoms with E-state index in [0.29, 0.717) is 62.0 Å². The summed E-state index contributed by atoms with van der Waals surface area (Å²) in [6.45, 7) is 13.2. The minimum absolute atomic E-state index is 0.266. The van der Waals surface area contributed by atoms with Crippen molar-refractivity contribution in [2.24, 2.45) is 0 Å². The number of aryl methyl sites for hydroxylation is 1. The first kappa shape index (κ1) is 75.8. The first-order chi connectivity index (χ1) is 67.9. The van der Waals surface area contributed by atoms with Crippen LogP contribution in [0.5, 0.6) is 0 Å². The zero-order valence-electron chi connectivity index (χ0n) is 78.3. The molecule has 0 unspecified atom stereocenters. The average molecular weight is 1830 g/mol. The van der Waals surface area contributed by atoms with Crippen LogP contribution < -0.4 is 96.0 Å². The number of benzene rings is 16. The maximum atomic E-state index is 4.90. The monoisotopic (exact) mass is 1830 g/mol. The van der Waals surface area contributed by atoms with Crippen molar-refractivity contribution in [3.05, 3.63) is 370 Å². The zero-order valence-corrected chi connectivity index (χ0v) is 83.7. The Morgan fingerprint density at radius 3 is 0.986 bits per heavy atom. The number of nitrogens with zero attached hydrogens (tertiary/aromatic N) is 4. The predicted molar refractivity (Wildman–Crippen MR) is 657 cm³/mol. The van der Waals surface area contributed by atoms with E-state index >= 15 is 0 Å². The summed E-state index contributed by atoms with van der Waals surface area (Å²) >= 11 is 0. The Kier molecular flexibility index (Phi) is 12.6. The van der Waals surface area contributed by atoms with Gasteiger partial charge in [0.2, 0.25) is 6.71 Å². The number of aromatic nitrogens is 4. The van der Waals surface area contributed by atoms with Crippen LogP contribution in [0.4, 0.5) is 0 Å². The summed E-state index contributed by atoms with van der Waals surface area (Å²) in [7, 11) is 0.961. The number of para-hydroxylation sites is 11. The van der Waals surface area contributed by atoms with Gasteiger partial charge in [-0.2, -0.15) is 0 Å². The van der Waals surface area contributed by atoms with E-state index in [9.17, 15) is 0 Å². The molecule has 0 saturated carbocycles. The summed E-state index contributed by atoms with van der Waals surface area (Å²) in [4.78, 5) is 14.6. The van der Waals surface area contributed by atoms with Crippen LogP contribution >= 0.6 is 38.0 Å². The fourth-order valence-corrected chi connectivity index (χ4v) is 116. The Morgan fingerprint density at radius 2 is 0.565 bits per heavy atom. The minimum atomic E-state index is -1.91. The summed E-state index contributed by atoms with van der Waals surface area (Å²) in [5, 5.41) is 16.6. The summed E-state index contributed by atoms with van der Waals surface area (Å²) in [6.07, 6.45) is 8.17. The van der Waals surface area contributed by atoms with Crippen LogP contribution in [0.1, 0.15) is 5.56 Å². The quantitative estimate of drug-likeness (QED) is 0.122. The summed E-state index contributed by atoms with van der Waals surface area (Å²) in [5.74, 6) is 0. The van der Waals surface area contributed by atoms with Gasteiger partial charge in [-0.05, 0) is 30.0 Å². The second-order valence-electron chi connectivity index (χ2n) is 50.6. The van der Waals surface area contributed by atoms with Gasteiger partial charge in [-0.3, -0.25) is 0 Å². The average Bonchev–Trinajstić information content (AvgIpc) is 1.33. The maximum absolute atomic E-state index is 4.90. The van der Waals surface area contributed by atoms with Gasteiger partial charge in [0, 0.05) is 22.0 Å². The predicted octanol–water partition coefficient (Wildman–Crippen LogP) is 3.61. The van der Waals surface area contributed by atoms with Gasteiger partial charge in [0.25, 0.3) is 0 Å². The van der Waals surface area contributed by atoms with Crippen LogP contribution in [-0.4, -0.2) is 201 Å². The van der Waals surface area contributed by atoms with E-state index < -0.39 is 38.0 Å². The van der Waals surface area contributed by atoms with Crippen molar-refractivity contribution in [3.8, 4) is 22.7 Å². The molecule has 25 aliphatic rings. The van der Waals surface area contributed by atoms with Crippen molar-refractivity contribution >= 4 is 389 Å². The number of nitrogens with one attached hydrogen (secondary N) is 3. The molecule has 3 radical (unpaired) electrons. The fourth-order valence-electron chi connectivity index (χ4n) is 40.2. The molecule has 6 bridgehead atoms. The van der Waals surface area contributed by atoms with E-state index in [-0.39, 0.29) is 6.71 Å². The van der Waals surface area contributed by atoms with Crippen LogP contribution in [-0.2, 0) is 0 Å². The van der Waals surface area contributed by atoms with Gasteiger partial charge >= 0.3 is 663 Å². The molecule has 45 rings (SSSR count). The third-order valence-electron chi connectivity index (χ3n) is 47.9. The van der Waals surface area contributed by atoms with Crippen LogP contribution in [0, 0.1) is 6.92 Å². The van der Waals surface area contributed by atoms with Crippen molar-refractivity contribution in [1.82, 2.24) is 32.8 Å². The van der Waals surface area contributed by atoms with Crippen molar-refractivity contribution in [1.29, 1.82) is 0 Å². The molecule has 3 N–H and O–H groups in total. The van der Waals surface area contributed by atoms with Gasteiger partial charge in [-0.15, -0.1) is 0 Å². The molecule has 138 heavy (non-hydrogen) atoms. The van der Waals surface area contributed by atoms with E-state index in [0.717, 1.165) is 62.1 Å². The van der Waals surface area contributed by atoms with Gasteiger partial charge in [0.15, 0.2) is 0 Å². The van der Waals surface area contributed by atoms with E-state index in [1.54, 1.807) is 10.9 Å². The molecule has 29 heterocycles. The van der Waals surface area contributed by atoms with Crippen LogP contribution in [0.2, 0.25) is 0 Å². The normalized spacial score (nSPS) is 24.0. The van der Waals surface area contributed by atoms with Gasteiger partial charge in [0.05, 0.1) is 5.52 Å². The molecule has 41 heteroatoms. The number of fused-ring (bicyclic) bond motifs is 23. The van der Waals surface area contributed by atoms with Crippen LogP contribution in [0.25, 0.3) is 110 Å². The number of hydrogen-bond donors (Lipinski definition) is 3. The van der Waals surface area contributed by atoms with Crippen molar-refractivity contribution < 1.29 is 0 Å². The van der Waals surface area contributed by atoms with Gasteiger partial charge in [-0.1, -0.05) is 89.9 Å². The third kappa shape index (κ3) is 7.72. The second kappa shape index (κ2) is 22.9. The molecule has 7 nitrogen and oxygen atoms in total. The van der Waals surface area contributed by atoms with E-state index in [1.165, 1.54) is 201 Å². The van der Waals surface area contributed by atoms with Crippen LogP contribution in [0.15, 0.2) is 364 Å². The standard InChI is InChI=1S/C25H18BN.3C24H20B9N2P2/c1-17-13-15-18(16-14-17)26-21-9-3-5-12-24(21)27-23-11-4-2-7-19(23)20-8-6-10-22(26)25(20)27;1-4-13-21-16(8-1)17-9-7-12-20-24(17)35(21)22-14-5-2-10-18(22)28(20)19-11-3-6-15-23(19)36(29-25-30(36)33(29)36)34-37-26-31(37)32(37)27-37;1-3-13-22-18(9-1)19-10-6-12-21-24(19)35(22)23-14-4-2-11-20(23)28(21)16-7-5-8-17(15-16)36(29-25-30(36)33(29)36)34-37-26-31(37)32(37)27-37;1-2-8-16(9-3-1)28-19-11-5-7-13-21(19)35-20-12-6-4-10-17(20)18-14-15-22(23(28)24(18)35)36(29-25-30(36)33(29)36)34-37-26-31(37)32(37)27-37/h2-16H,1H3;3*1-15,34H,25-26H2/q;3*-2. The van der Waals surface area contributed by atoms with Crippen molar-refractivity contribution in [2.45, 2.75) is 6.92 Å². The molecule has 21 fully saturated rings. The summed E-state index contributed by atoms with van der Waals surface area (Å²) in [5.41, 5.74) is 35.7. The first-order valence-corrected chi connectivity index (χ1v) is 69.7. The molecule has 25 aliphatic heterocycles. The topological polar surface area (TPSA) is 55.8 Å². The van der Waals surface area contributed by atoms with Crippen molar-refractivity contribution in [2.75, 3.05) is 0 Å². The number of hydrogen-bond acceptors (Lipinski definition) is 3. The van der Waals surface area contributed by atoms with Crippen LogP contribution in [0.3, 0.4) is 0 Å². The Labute approximate surface area is 814 Å². The first-order valence-electron chi connectivity index (χ1n) is 53.7. The molecule has 0 aliphatic carbocycles. The summed E-state index contributed by atoms with van der Waals surface area (Å²) < 4.78 is 10.2. The van der Waals surface area contributed by atoms with Crippen molar-refractivity contribution in [3.63, 3.8) is 0 Å². The van der Waals surface area contributed by atoms with E-state index in [1.807, 2.05) is 15.9 Å². The molecule has 20 aromatic rings. The Bertz CT molecular complexity index is 9430. The fraction of sp³-hybridized carbons (Fsp3) is 0.0103. The SMILES string of the molecule is Cc1ccc(B2c3ccccc3-n3c4ccccc4c4cccc2c43)cc1.[B]1B2B3[BH2-]P123NP12(c3ccc4c5ccccc5n5c4c3B(c3ccccc3)c3ccccc3-5)B3[BH2-]B1B32.[B]1B2B3[BH2-]P123NP12(c3cccc(B4c5ccccc5-n5c6ccccc6c6cccc4c65)c3)B3[BH2-]B1B32.[B]1B2B3[BH2-]P123NP12(c3ccccc3B3c4ccccc4-n4c5ccccc5c5cccc3c54)B3[BH2-]B1B32. The molecule has 0 amide bonds. The molecule has 0 atom stereocenters. The van der Waals surface area contributed by atoms with E-state index in [2.05, 4.69) is 410 Å². The Morgan fingerprint density at radius 1 is 0.246 bits per heavy atom. The Balaban J connectivity index is 0.0000000754. The molecule has 4 aromatic heterocycles.